The lowest BCUT2D eigenvalue weighted by molar-refractivity contribution is -0.133. The van der Waals surface area contributed by atoms with Gasteiger partial charge >= 0.3 is 5.97 Å². The average molecular weight is 346 g/mol. The average Bonchev–Trinajstić information content (AvgIpc) is 3.19. The molecule has 0 aromatic carbocycles. The number of ether oxygens (including phenoxy) is 3. The first-order valence-electron chi connectivity index (χ1n) is 7.80. The lowest BCUT2D eigenvalue weighted by atomic mass is 10.1. The van der Waals surface area contributed by atoms with Crippen LogP contribution < -0.4 is 0 Å². The first-order valence-corrected chi connectivity index (χ1v) is 10.7. The van der Waals surface area contributed by atoms with Crippen molar-refractivity contribution in [2.24, 2.45) is 0 Å². The van der Waals surface area contributed by atoms with Crippen LogP contribution in [0.3, 0.4) is 0 Å². The van der Waals surface area contributed by atoms with Crippen molar-refractivity contribution in [2.75, 3.05) is 20.5 Å². The van der Waals surface area contributed by atoms with Crippen molar-refractivity contribution in [1.82, 2.24) is 0 Å². The largest absolute Gasteiger partial charge is 0.478 e. The van der Waals surface area contributed by atoms with E-state index < -0.39 is 14.3 Å². The number of carbonyl (C=O) groups is 1. The predicted molar refractivity (Wildman–Crippen MR) is 90.0 cm³/mol. The minimum Gasteiger partial charge on any atom is -0.478 e. The third kappa shape index (κ3) is 6.00. The number of carboxylic acids is 1. The zero-order chi connectivity index (χ0) is 17.8. The van der Waals surface area contributed by atoms with Crippen LogP contribution in [-0.2, 0) is 23.4 Å². The van der Waals surface area contributed by atoms with E-state index in [1.807, 2.05) is 0 Å². The summed E-state index contributed by atoms with van der Waals surface area (Å²) < 4.78 is 22.2. The number of rotatable bonds is 10. The van der Waals surface area contributed by atoms with Gasteiger partial charge in [0.2, 0.25) is 0 Å². The van der Waals surface area contributed by atoms with Gasteiger partial charge in [0.05, 0.1) is 12.7 Å². The fourth-order valence-electron chi connectivity index (χ4n) is 1.88. The van der Waals surface area contributed by atoms with Crippen LogP contribution in [0, 0.1) is 0 Å². The number of epoxide rings is 1. The molecule has 3 atom stereocenters. The third-order valence-electron chi connectivity index (χ3n) is 4.55. The van der Waals surface area contributed by atoms with Crippen LogP contribution in [0.2, 0.25) is 18.1 Å². The highest BCUT2D eigenvalue weighted by atomic mass is 28.4. The quantitative estimate of drug-likeness (QED) is 0.284. The second-order valence-corrected chi connectivity index (χ2v) is 12.2. The first-order chi connectivity index (χ1) is 10.5. The fraction of sp³-hybridized carbons (Fsp3) is 0.812. The van der Waals surface area contributed by atoms with Gasteiger partial charge in [0.25, 0.3) is 0 Å². The Bertz CT molecular complexity index is 429. The molecule has 1 unspecified atom stereocenters. The molecule has 0 amide bonds. The normalized spacial score (nSPS) is 22.7. The van der Waals surface area contributed by atoms with Crippen molar-refractivity contribution in [3.63, 3.8) is 0 Å². The maximum atomic E-state index is 11.0. The van der Waals surface area contributed by atoms with Gasteiger partial charge in [-0.3, -0.25) is 0 Å². The van der Waals surface area contributed by atoms with Gasteiger partial charge in [0.15, 0.2) is 8.32 Å². The van der Waals surface area contributed by atoms with Crippen molar-refractivity contribution in [1.29, 1.82) is 0 Å². The molecule has 0 radical (unpaired) electrons. The van der Waals surface area contributed by atoms with Gasteiger partial charge in [0.1, 0.15) is 19.0 Å². The van der Waals surface area contributed by atoms with E-state index in [0.717, 1.165) is 0 Å². The second kappa shape index (κ2) is 7.89. The Hall–Kier alpha value is -0.733. The summed E-state index contributed by atoms with van der Waals surface area (Å²) in [7, 11) is -0.302. The number of hydrogen-bond acceptors (Lipinski definition) is 5. The summed E-state index contributed by atoms with van der Waals surface area (Å²) >= 11 is 0. The summed E-state index contributed by atoms with van der Waals surface area (Å²) in [5.74, 6) is -1.02. The summed E-state index contributed by atoms with van der Waals surface area (Å²) in [6.45, 7) is 15.1. The summed E-state index contributed by atoms with van der Waals surface area (Å²) in [4.78, 5) is 11.0. The van der Waals surface area contributed by atoms with Crippen LogP contribution in [-0.4, -0.2) is 58.2 Å². The minimum absolute atomic E-state index is 0.0624. The fourth-order valence-corrected chi connectivity index (χ4v) is 2.89. The molecule has 1 fully saturated rings. The maximum Gasteiger partial charge on any atom is 0.331 e. The summed E-state index contributed by atoms with van der Waals surface area (Å²) in [6, 6.07) is 0. The van der Waals surface area contributed by atoms with Gasteiger partial charge in [0, 0.05) is 19.1 Å². The Balaban J connectivity index is 2.53. The first kappa shape index (κ1) is 20.3. The minimum atomic E-state index is -1.82. The van der Waals surface area contributed by atoms with Crippen molar-refractivity contribution in [2.45, 2.75) is 63.6 Å². The Kier molecular flexibility index (Phi) is 6.97. The lowest BCUT2D eigenvalue weighted by Crippen LogP contribution is -2.42. The highest BCUT2D eigenvalue weighted by Crippen LogP contribution is 2.38. The van der Waals surface area contributed by atoms with E-state index in [2.05, 4.69) is 40.4 Å². The monoisotopic (exact) mass is 346 g/mol. The molecule has 1 heterocycles. The van der Waals surface area contributed by atoms with E-state index in [4.69, 9.17) is 23.7 Å². The number of methoxy groups -OCH3 is 1. The zero-order valence-corrected chi connectivity index (χ0v) is 16.0. The van der Waals surface area contributed by atoms with Crippen LogP contribution in [0.15, 0.2) is 12.2 Å². The molecule has 1 aliphatic heterocycles. The Morgan fingerprint density at radius 3 is 2.48 bits per heavy atom. The zero-order valence-electron chi connectivity index (χ0n) is 15.0. The molecule has 7 heteroatoms. The molecule has 23 heavy (non-hydrogen) atoms. The van der Waals surface area contributed by atoms with Crippen molar-refractivity contribution < 1.29 is 28.5 Å². The molecule has 0 saturated carbocycles. The molecule has 1 saturated heterocycles. The molecule has 0 spiro atoms. The van der Waals surface area contributed by atoms with E-state index in [0.29, 0.717) is 6.61 Å². The Morgan fingerprint density at radius 2 is 2.00 bits per heavy atom. The van der Waals surface area contributed by atoms with Crippen molar-refractivity contribution in [3.8, 4) is 0 Å². The Morgan fingerprint density at radius 1 is 1.39 bits per heavy atom. The predicted octanol–water partition coefficient (Wildman–Crippen LogP) is 2.80. The van der Waals surface area contributed by atoms with Gasteiger partial charge in [-0.1, -0.05) is 27.4 Å². The molecular formula is C16H30O6Si. The molecule has 1 rings (SSSR count). The van der Waals surface area contributed by atoms with Crippen molar-refractivity contribution >= 4 is 14.3 Å². The summed E-state index contributed by atoms with van der Waals surface area (Å²) in [5, 5.41) is 9.12. The van der Waals surface area contributed by atoms with Crippen LogP contribution in [0.1, 0.15) is 27.2 Å². The smallest absolute Gasteiger partial charge is 0.331 e. The third-order valence-corrected chi connectivity index (χ3v) is 9.05. The van der Waals surface area contributed by atoms with E-state index in [9.17, 15) is 4.79 Å². The summed E-state index contributed by atoms with van der Waals surface area (Å²) in [6.07, 6.45) is -0.412. The molecule has 134 valence electrons. The molecule has 1 N–H and O–H groups in total. The van der Waals surface area contributed by atoms with Crippen LogP contribution in [0.4, 0.5) is 0 Å². The van der Waals surface area contributed by atoms with Gasteiger partial charge in [-0.2, -0.15) is 0 Å². The van der Waals surface area contributed by atoms with Gasteiger partial charge in [-0.15, -0.1) is 0 Å². The molecule has 0 aromatic rings. The molecular weight excluding hydrogens is 316 g/mol. The summed E-state index contributed by atoms with van der Waals surface area (Å²) in [5.41, 5.74) is 0.102. The maximum absolute atomic E-state index is 11.0. The molecule has 6 nitrogen and oxygen atoms in total. The van der Waals surface area contributed by atoms with Gasteiger partial charge in [-0.05, 0) is 18.1 Å². The number of aliphatic carboxylic acids is 1. The van der Waals surface area contributed by atoms with Crippen molar-refractivity contribution in [3.05, 3.63) is 12.2 Å². The standard InChI is InChI=1S/C16H30O6Si/c1-11(15(17)18)8-12(20-10-19-5)14-13(22-14)9-21-23(6,7)16(2,3)4/h12-14H,1,8-10H2,2-7H3,(H,17,18)/t12?,13-,14+/m1/s1. The van der Waals surface area contributed by atoms with Crippen LogP contribution in [0.5, 0.6) is 0 Å². The molecule has 1 aliphatic rings. The molecule has 0 aromatic heterocycles. The van der Waals surface area contributed by atoms with E-state index in [-0.39, 0.29) is 42.1 Å². The number of hydrogen-bond donors (Lipinski definition) is 1. The highest BCUT2D eigenvalue weighted by Gasteiger charge is 2.48. The highest BCUT2D eigenvalue weighted by molar-refractivity contribution is 6.74. The lowest BCUT2D eigenvalue weighted by Gasteiger charge is -2.36. The SMILES string of the molecule is C=C(CC(OCOC)[C@@H]1O[C@@H]1CO[Si](C)(C)C(C)(C)C)C(=O)O. The molecule has 0 aliphatic carbocycles. The topological polar surface area (TPSA) is 77.5 Å². The van der Waals surface area contributed by atoms with E-state index in [1.54, 1.807) is 0 Å². The van der Waals surface area contributed by atoms with Crippen LogP contribution in [0.25, 0.3) is 0 Å². The van der Waals surface area contributed by atoms with Gasteiger partial charge < -0.3 is 23.7 Å². The van der Waals surface area contributed by atoms with Gasteiger partial charge in [-0.25, -0.2) is 4.79 Å². The van der Waals surface area contributed by atoms with E-state index in [1.165, 1.54) is 7.11 Å². The molecule has 0 bridgehead atoms. The number of carboxylic acid groups (broad SMARTS) is 1. The van der Waals surface area contributed by atoms with E-state index >= 15 is 0 Å². The second-order valence-electron chi connectivity index (χ2n) is 7.43. The van der Waals surface area contributed by atoms with Crippen LogP contribution >= 0.6 is 0 Å². The Labute approximate surface area is 139 Å².